The van der Waals surface area contributed by atoms with Gasteiger partial charge in [-0.05, 0) is 0 Å². The predicted molar refractivity (Wildman–Crippen MR) is 74.8 cm³/mol. The molecule has 0 aromatic heterocycles. The third kappa shape index (κ3) is 2.15. The van der Waals surface area contributed by atoms with Crippen LogP contribution in [0.4, 0.5) is 0 Å². The summed E-state index contributed by atoms with van der Waals surface area (Å²) in [7, 11) is 0. The molecule has 0 heterocycles. The van der Waals surface area contributed by atoms with E-state index in [4.69, 9.17) is 0 Å². The van der Waals surface area contributed by atoms with Crippen molar-refractivity contribution in [2.24, 2.45) is 0 Å². The maximum absolute atomic E-state index is 2.25. The van der Waals surface area contributed by atoms with Gasteiger partial charge in [0.2, 0.25) is 0 Å². The molecule has 0 bridgehead atoms. The Labute approximate surface area is 110 Å². The first-order valence-corrected chi connectivity index (χ1v) is 5.89. The van der Waals surface area contributed by atoms with Crippen LogP contribution >= 0.6 is 0 Å². The van der Waals surface area contributed by atoms with E-state index >= 15 is 0 Å². The molecule has 17 heavy (non-hydrogen) atoms. The SMILES string of the molecule is [Li][c]1ccc(-c2ccc3ccccc3c2)cc1. The van der Waals surface area contributed by atoms with E-state index in [0.29, 0.717) is 0 Å². The molecule has 0 radical (unpaired) electrons. The number of fused-ring (bicyclic) bond motifs is 1. The molecule has 0 aliphatic heterocycles. The van der Waals surface area contributed by atoms with Crippen LogP contribution in [0.15, 0.2) is 66.7 Å². The summed E-state index contributed by atoms with van der Waals surface area (Å²) in [6.07, 6.45) is 0. The Morgan fingerprint density at radius 2 is 1.24 bits per heavy atom. The second-order valence-electron chi connectivity index (χ2n) is 4.43. The molecule has 0 saturated carbocycles. The van der Waals surface area contributed by atoms with Gasteiger partial charge in [-0.15, -0.1) is 0 Å². The summed E-state index contributed by atoms with van der Waals surface area (Å²) in [6.45, 7) is 0. The second kappa shape index (κ2) is 4.41. The van der Waals surface area contributed by atoms with Crippen molar-refractivity contribution in [3.8, 4) is 11.1 Å². The van der Waals surface area contributed by atoms with Gasteiger partial charge in [-0.3, -0.25) is 0 Å². The Bertz CT molecular complexity index is 654. The number of benzene rings is 3. The Morgan fingerprint density at radius 3 is 2.00 bits per heavy atom. The minimum atomic E-state index is 1.28. The van der Waals surface area contributed by atoms with Gasteiger partial charge in [0.15, 0.2) is 0 Å². The van der Waals surface area contributed by atoms with E-state index in [2.05, 4.69) is 84.4 Å². The van der Waals surface area contributed by atoms with Crippen molar-refractivity contribution in [3.63, 3.8) is 0 Å². The van der Waals surface area contributed by atoms with Crippen molar-refractivity contribution >= 4 is 32.7 Å². The summed E-state index contributed by atoms with van der Waals surface area (Å²) >= 11 is 2.12. The number of hydrogen-bond donors (Lipinski definition) is 0. The Morgan fingerprint density at radius 1 is 0.588 bits per heavy atom. The standard InChI is InChI=1S/C16H11.Li/c1-2-6-13(7-3-1)16-11-10-14-8-4-5-9-15(14)12-16;/h2-12H;. The summed E-state index contributed by atoms with van der Waals surface area (Å²) in [6, 6.07) is 23.8. The van der Waals surface area contributed by atoms with Gasteiger partial charge in [-0.1, -0.05) is 0 Å². The van der Waals surface area contributed by atoms with Gasteiger partial charge in [0, 0.05) is 0 Å². The molecule has 0 aliphatic rings. The van der Waals surface area contributed by atoms with Crippen LogP contribution in [-0.2, 0) is 0 Å². The van der Waals surface area contributed by atoms with E-state index < -0.39 is 0 Å². The molecule has 0 N–H and O–H groups in total. The molecule has 0 unspecified atom stereocenters. The van der Waals surface area contributed by atoms with Crippen LogP contribution in [0.3, 0.4) is 0 Å². The topological polar surface area (TPSA) is 0 Å². The summed E-state index contributed by atoms with van der Waals surface area (Å²) in [5.41, 5.74) is 2.56. The van der Waals surface area contributed by atoms with E-state index in [1.807, 2.05) is 0 Å². The first-order chi connectivity index (χ1) is 8.33. The molecular formula is C16H11Li. The first-order valence-electron chi connectivity index (χ1n) is 5.89. The van der Waals surface area contributed by atoms with Gasteiger partial charge in [-0.25, -0.2) is 0 Å². The molecule has 0 saturated heterocycles. The molecule has 0 amide bonds. The van der Waals surface area contributed by atoms with Gasteiger partial charge < -0.3 is 0 Å². The summed E-state index contributed by atoms with van der Waals surface area (Å²) in [4.78, 5) is 0. The molecule has 0 aliphatic carbocycles. The van der Waals surface area contributed by atoms with Crippen molar-refractivity contribution in [1.82, 2.24) is 0 Å². The zero-order valence-electron chi connectivity index (χ0n) is 9.85. The van der Waals surface area contributed by atoms with E-state index in [9.17, 15) is 0 Å². The van der Waals surface area contributed by atoms with Crippen molar-refractivity contribution in [2.45, 2.75) is 0 Å². The number of hydrogen-bond acceptors (Lipinski definition) is 0. The van der Waals surface area contributed by atoms with Crippen molar-refractivity contribution < 1.29 is 0 Å². The predicted octanol–water partition coefficient (Wildman–Crippen LogP) is 3.30. The first kappa shape index (κ1) is 10.7. The molecule has 3 rings (SSSR count). The van der Waals surface area contributed by atoms with Crippen LogP contribution in [0, 0.1) is 0 Å². The third-order valence-corrected chi connectivity index (χ3v) is 3.13. The van der Waals surface area contributed by atoms with E-state index in [0.717, 1.165) is 0 Å². The van der Waals surface area contributed by atoms with Crippen LogP contribution in [0.5, 0.6) is 0 Å². The Balaban J connectivity index is 2.14. The fourth-order valence-electron chi connectivity index (χ4n) is 2.11. The summed E-state index contributed by atoms with van der Waals surface area (Å²) < 4.78 is 1.30. The Hall–Kier alpha value is -1.48. The van der Waals surface area contributed by atoms with Crippen LogP contribution < -0.4 is 4.24 Å². The zero-order valence-corrected chi connectivity index (χ0v) is 9.85. The van der Waals surface area contributed by atoms with Crippen LogP contribution in [0.1, 0.15) is 0 Å². The van der Waals surface area contributed by atoms with Gasteiger partial charge in [0.25, 0.3) is 0 Å². The molecule has 0 fully saturated rings. The van der Waals surface area contributed by atoms with Crippen molar-refractivity contribution in [1.29, 1.82) is 0 Å². The summed E-state index contributed by atoms with van der Waals surface area (Å²) in [5.74, 6) is 0. The molecule has 0 atom stereocenters. The average Bonchev–Trinajstić information content (AvgIpc) is 2.39. The van der Waals surface area contributed by atoms with E-state index in [1.54, 1.807) is 0 Å². The maximum atomic E-state index is 2.25. The molecular weight excluding hydrogens is 199 g/mol. The molecule has 0 nitrogen and oxygen atoms in total. The van der Waals surface area contributed by atoms with E-state index in [-0.39, 0.29) is 0 Å². The minimum absolute atomic E-state index is 1.28. The Kier molecular flexibility index (Phi) is 2.77. The molecule has 0 spiro atoms. The van der Waals surface area contributed by atoms with Crippen LogP contribution in [-0.4, -0.2) is 17.7 Å². The van der Waals surface area contributed by atoms with Crippen molar-refractivity contribution in [3.05, 3.63) is 66.7 Å². The number of rotatable bonds is 1. The van der Waals surface area contributed by atoms with Crippen LogP contribution in [0.25, 0.3) is 21.9 Å². The molecule has 76 valence electrons. The van der Waals surface area contributed by atoms with Gasteiger partial charge in [-0.2, -0.15) is 0 Å². The zero-order chi connectivity index (χ0) is 11.7. The normalized spacial score (nSPS) is 10.7. The van der Waals surface area contributed by atoms with Gasteiger partial charge in [0.05, 0.1) is 0 Å². The average molecular weight is 210 g/mol. The van der Waals surface area contributed by atoms with E-state index in [1.165, 1.54) is 26.1 Å². The van der Waals surface area contributed by atoms with Crippen molar-refractivity contribution in [2.75, 3.05) is 0 Å². The quantitative estimate of drug-likeness (QED) is 0.540. The molecule has 3 aromatic rings. The fourth-order valence-corrected chi connectivity index (χ4v) is 2.11. The third-order valence-electron chi connectivity index (χ3n) is 3.13. The molecule has 1 heteroatoms. The molecule has 3 aromatic carbocycles. The van der Waals surface area contributed by atoms with Gasteiger partial charge >= 0.3 is 111 Å². The monoisotopic (exact) mass is 210 g/mol. The summed E-state index contributed by atoms with van der Waals surface area (Å²) in [5, 5.41) is 2.59. The van der Waals surface area contributed by atoms with Gasteiger partial charge in [0.1, 0.15) is 0 Å². The second-order valence-corrected chi connectivity index (χ2v) is 4.43. The fraction of sp³-hybridized carbons (Fsp3) is 0. The van der Waals surface area contributed by atoms with Crippen LogP contribution in [0.2, 0.25) is 0 Å².